The van der Waals surface area contributed by atoms with Crippen LogP contribution in [0.3, 0.4) is 0 Å². The molecule has 4 aromatic rings. The molecule has 1 atom stereocenters. The van der Waals surface area contributed by atoms with E-state index in [1.807, 2.05) is 52.2 Å². The van der Waals surface area contributed by atoms with Crippen molar-refractivity contribution in [1.29, 1.82) is 0 Å². The van der Waals surface area contributed by atoms with Crippen LogP contribution in [0.5, 0.6) is 0 Å². The molecule has 0 radical (unpaired) electrons. The molecule has 204 valence electrons. The summed E-state index contributed by atoms with van der Waals surface area (Å²) in [5.74, 6) is 0. The molecule has 0 spiro atoms. The van der Waals surface area contributed by atoms with Gasteiger partial charge in [0.2, 0.25) is 0 Å². The number of sulfone groups is 1. The van der Waals surface area contributed by atoms with Crippen LogP contribution in [0.25, 0.3) is 33.4 Å². The quantitative estimate of drug-likeness (QED) is 0.379. The van der Waals surface area contributed by atoms with Crippen molar-refractivity contribution < 1.29 is 17.9 Å². The average molecular weight is 547 g/mol. The first-order valence-corrected chi connectivity index (χ1v) is 14.9. The van der Waals surface area contributed by atoms with E-state index in [2.05, 4.69) is 40.2 Å². The van der Waals surface area contributed by atoms with Crippen molar-refractivity contribution in [2.24, 2.45) is 7.05 Å². The Balaban J connectivity index is 1.41. The molecule has 1 aliphatic rings. The molecule has 39 heavy (non-hydrogen) atoms. The number of carbonyl (C=O) groups excluding carboxylic acids is 1. The van der Waals surface area contributed by atoms with Crippen molar-refractivity contribution in [2.75, 3.05) is 25.9 Å². The minimum atomic E-state index is -3.25. The Hall–Kier alpha value is -3.69. The summed E-state index contributed by atoms with van der Waals surface area (Å²) in [5, 5.41) is 3.39. The summed E-state index contributed by atoms with van der Waals surface area (Å²) in [4.78, 5) is 19.7. The van der Waals surface area contributed by atoms with Crippen LogP contribution in [0.1, 0.15) is 32.4 Å². The molecule has 1 N–H and O–H groups in total. The molecule has 0 saturated carbocycles. The van der Waals surface area contributed by atoms with Gasteiger partial charge in [-0.2, -0.15) is 0 Å². The second-order valence-electron chi connectivity index (χ2n) is 11.0. The molecule has 9 heteroatoms. The van der Waals surface area contributed by atoms with Crippen molar-refractivity contribution in [2.45, 2.75) is 37.3 Å². The van der Waals surface area contributed by atoms with E-state index in [4.69, 9.17) is 9.72 Å². The number of ether oxygens (including phenoxy) is 1. The number of piperazine rings is 1. The van der Waals surface area contributed by atoms with Crippen LogP contribution in [0.2, 0.25) is 0 Å². The van der Waals surface area contributed by atoms with Gasteiger partial charge in [0.1, 0.15) is 5.60 Å². The van der Waals surface area contributed by atoms with E-state index in [9.17, 15) is 13.2 Å². The van der Waals surface area contributed by atoms with Gasteiger partial charge in [0, 0.05) is 44.7 Å². The second-order valence-corrected chi connectivity index (χ2v) is 13.0. The highest BCUT2D eigenvalue weighted by Gasteiger charge is 2.31. The minimum absolute atomic E-state index is 0.104. The summed E-state index contributed by atoms with van der Waals surface area (Å²) in [6.07, 6.45) is 2.78. The van der Waals surface area contributed by atoms with Gasteiger partial charge >= 0.3 is 6.09 Å². The van der Waals surface area contributed by atoms with E-state index in [1.165, 1.54) is 6.26 Å². The highest BCUT2D eigenvalue weighted by molar-refractivity contribution is 7.90. The predicted octanol–water partition coefficient (Wildman–Crippen LogP) is 5.19. The number of rotatable bonds is 4. The number of carbonyl (C=O) groups is 1. The molecule has 2 aromatic heterocycles. The number of hydrogen-bond donors (Lipinski definition) is 1. The average Bonchev–Trinajstić information content (AvgIpc) is 3.23. The van der Waals surface area contributed by atoms with Gasteiger partial charge in [-0.3, -0.25) is 9.88 Å². The number of aryl methyl sites for hydroxylation is 1. The number of hydrogen-bond acceptors (Lipinski definition) is 6. The highest BCUT2D eigenvalue weighted by atomic mass is 32.2. The predicted molar refractivity (Wildman–Crippen MR) is 153 cm³/mol. The third kappa shape index (κ3) is 5.69. The van der Waals surface area contributed by atoms with E-state index in [0.29, 0.717) is 18.0 Å². The summed E-state index contributed by atoms with van der Waals surface area (Å²) in [5.41, 5.74) is 6.23. The molecule has 1 unspecified atom stereocenters. The SMILES string of the molecule is Cn1c(-c2ccc(S(C)(=O)=O)cc2)cc2ncc(-c3ccc(C4CNCCN4C(=O)OC(C)(C)C)cc3)cc21. The van der Waals surface area contributed by atoms with Crippen LogP contribution in [-0.2, 0) is 21.6 Å². The number of pyridine rings is 1. The summed E-state index contributed by atoms with van der Waals surface area (Å²) < 4.78 is 31.4. The lowest BCUT2D eigenvalue weighted by atomic mass is 9.99. The van der Waals surface area contributed by atoms with Gasteiger partial charge in [-0.15, -0.1) is 0 Å². The lowest BCUT2D eigenvalue weighted by Gasteiger charge is -2.37. The summed E-state index contributed by atoms with van der Waals surface area (Å²) in [6, 6.07) is 19.2. The molecule has 0 bridgehead atoms. The topological polar surface area (TPSA) is 93.5 Å². The highest BCUT2D eigenvalue weighted by Crippen LogP contribution is 2.31. The molecule has 3 heterocycles. The number of nitrogens with one attached hydrogen (secondary N) is 1. The fraction of sp³-hybridized carbons (Fsp3) is 0.333. The fourth-order valence-corrected chi connectivity index (χ4v) is 5.58. The molecule has 8 nitrogen and oxygen atoms in total. The van der Waals surface area contributed by atoms with Crippen molar-refractivity contribution in [3.05, 3.63) is 72.4 Å². The Morgan fingerprint density at radius 2 is 1.67 bits per heavy atom. The van der Waals surface area contributed by atoms with Crippen LogP contribution in [-0.4, -0.2) is 60.5 Å². The Morgan fingerprint density at radius 3 is 2.31 bits per heavy atom. The number of benzene rings is 2. The first-order chi connectivity index (χ1) is 18.4. The maximum absolute atomic E-state index is 12.8. The van der Waals surface area contributed by atoms with Gasteiger partial charge in [-0.25, -0.2) is 13.2 Å². The Morgan fingerprint density at radius 1 is 1.00 bits per heavy atom. The third-order valence-corrected chi connectivity index (χ3v) is 8.10. The summed E-state index contributed by atoms with van der Waals surface area (Å²) in [6.45, 7) is 7.64. The van der Waals surface area contributed by atoms with Gasteiger partial charge in [0.05, 0.1) is 27.7 Å². The summed E-state index contributed by atoms with van der Waals surface area (Å²) in [7, 11) is -1.26. The lowest BCUT2D eigenvalue weighted by molar-refractivity contribution is 0.0118. The Bertz CT molecular complexity index is 1620. The van der Waals surface area contributed by atoms with E-state index in [0.717, 1.165) is 45.5 Å². The summed E-state index contributed by atoms with van der Waals surface area (Å²) >= 11 is 0. The zero-order valence-corrected chi connectivity index (χ0v) is 23.7. The maximum Gasteiger partial charge on any atom is 0.410 e. The van der Waals surface area contributed by atoms with Crippen LogP contribution < -0.4 is 5.32 Å². The molecule has 1 aliphatic heterocycles. The van der Waals surface area contributed by atoms with E-state index >= 15 is 0 Å². The zero-order chi connectivity index (χ0) is 27.9. The van der Waals surface area contributed by atoms with Gasteiger partial charge in [0.15, 0.2) is 9.84 Å². The Labute approximate surface area is 229 Å². The van der Waals surface area contributed by atoms with Crippen LogP contribution in [0.4, 0.5) is 4.79 Å². The molecular formula is C30H34N4O4S. The normalized spacial score (nSPS) is 16.4. The maximum atomic E-state index is 12.8. The van der Waals surface area contributed by atoms with E-state index in [-0.39, 0.29) is 12.1 Å². The van der Waals surface area contributed by atoms with Crippen molar-refractivity contribution >= 4 is 27.0 Å². The molecule has 1 amide bonds. The van der Waals surface area contributed by atoms with Crippen LogP contribution in [0.15, 0.2) is 71.8 Å². The van der Waals surface area contributed by atoms with E-state index in [1.54, 1.807) is 17.0 Å². The molecule has 1 fully saturated rings. The molecule has 1 saturated heterocycles. The number of fused-ring (bicyclic) bond motifs is 1. The second kappa shape index (κ2) is 10.1. The third-order valence-electron chi connectivity index (χ3n) is 6.97. The van der Waals surface area contributed by atoms with Crippen molar-refractivity contribution in [1.82, 2.24) is 19.8 Å². The number of aromatic nitrogens is 2. The monoisotopic (exact) mass is 546 g/mol. The molecule has 5 rings (SSSR count). The first-order valence-electron chi connectivity index (χ1n) is 13.0. The minimum Gasteiger partial charge on any atom is -0.444 e. The Kier molecular flexibility index (Phi) is 6.99. The van der Waals surface area contributed by atoms with Gasteiger partial charge in [-0.1, -0.05) is 36.4 Å². The number of amides is 1. The van der Waals surface area contributed by atoms with Gasteiger partial charge in [0.25, 0.3) is 0 Å². The smallest absolute Gasteiger partial charge is 0.410 e. The van der Waals surface area contributed by atoms with Crippen LogP contribution in [0, 0.1) is 0 Å². The largest absolute Gasteiger partial charge is 0.444 e. The van der Waals surface area contributed by atoms with Gasteiger partial charge in [-0.05, 0) is 61.7 Å². The molecule has 2 aromatic carbocycles. The van der Waals surface area contributed by atoms with Crippen molar-refractivity contribution in [3.8, 4) is 22.4 Å². The fourth-order valence-electron chi connectivity index (χ4n) is 4.95. The number of nitrogens with zero attached hydrogens (tertiary/aromatic N) is 3. The van der Waals surface area contributed by atoms with Crippen LogP contribution >= 0.6 is 0 Å². The lowest BCUT2D eigenvalue weighted by Crippen LogP contribution is -2.50. The zero-order valence-electron chi connectivity index (χ0n) is 22.9. The van der Waals surface area contributed by atoms with E-state index < -0.39 is 15.4 Å². The standard InChI is InChI=1S/C30H34N4O4S/c1-30(2,3)38-29(35)34-15-14-31-19-28(34)22-8-6-20(7-9-22)23-16-27-25(32-18-23)17-26(33(27)4)21-10-12-24(13-11-21)39(5,36)37/h6-13,16-18,28,31H,14-15,19H2,1-5H3. The van der Waals surface area contributed by atoms with Gasteiger partial charge < -0.3 is 14.6 Å². The first kappa shape index (κ1) is 26.9. The molecular weight excluding hydrogens is 512 g/mol. The van der Waals surface area contributed by atoms with Crippen molar-refractivity contribution in [3.63, 3.8) is 0 Å². The molecule has 0 aliphatic carbocycles.